The molecule has 0 saturated heterocycles. The van der Waals surface area contributed by atoms with E-state index in [9.17, 15) is 22.4 Å². The molecular weight excluding hydrogens is 348 g/mol. The van der Waals surface area contributed by atoms with Gasteiger partial charge in [0, 0.05) is 12.2 Å². The fourth-order valence-corrected chi connectivity index (χ4v) is 2.23. The molecule has 0 radical (unpaired) electrons. The quantitative estimate of drug-likeness (QED) is 0.751. The van der Waals surface area contributed by atoms with Gasteiger partial charge in [0.1, 0.15) is 5.82 Å². The number of carbonyl (C=O) groups is 1. The fourth-order valence-electron chi connectivity index (χ4n) is 2.01. The van der Waals surface area contributed by atoms with Crippen LogP contribution in [0.2, 0.25) is 5.02 Å². The van der Waals surface area contributed by atoms with Crippen LogP contribution < -0.4 is 10.6 Å². The number of urea groups is 1. The molecule has 0 aliphatic heterocycles. The first-order valence-electron chi connectivity index (χ1n) is 6.92. The summed E-state index contributed by atoms with van der Waals surface area (Å²) in [7, 11) is 0. The Kier molecular flexibility index (Phi) is 5.66. The van der Waals surface area contributed by atoms with Gasteiger partial charge in [-0.15, -0.1) is 0 Å². The van der Waals surface area contributed by atoms with Crippen molar-refractivity contribution >= 4 is 23.3 Å². The van der Waals surface area contributed by atoms with Crippen molar-refractivity contribution in [3.63, 3.8) is 0 Å². The van der Waals surface area contributed by atoms with E-state index in [4.69, 9.17) is 11.6 Å². The number of alkyl halides is 3. The van der Waals surface area contributed by atoms with Crippen LogP contribution in [0.4, 0.5) is 28.0 Å². The van der Waals surface area contributed by atoms with E-state index in [0.717, 1.165) is 12.1 Å². The highest BCUT2D eigenvalue weighted by atomic mass is 35.5. The van der Waals surface area contributed by atoms with Crippen LogP contribution in [0.15, 0.2) is 42.5 Å². The van der Waals surface area contributed by atoms with Crippen molar-refractivity contribution in [2.75, 3.05) is 11.9 Å². The summed E-state index contributed by atoms with van der Waals surface area (Å²) in [6, 6.07) is 8.49. The second-order valence-electron chi connectivity index (χ2n) is 4.91. The highest BCUT2D eigenvalue weighted by molar-refractivity contribution is 6.31. The number of amides is 2. The third kappa shape index (κ3) is 4.86. The Labute approximate surface area is 140 Å². The van der Waals surface area contributed by atoms with Crippen molar-refractivity contribution in [2.24, 2.45) is 0 Å². The first-order chi connectivity index (χ1) is 11.3. The SMILES string of the molecule is O=C(NCCc1ccccc1F)Nc1ccc(Cl)c(C(F)(F)F)c1. The van der Waals surface area contributed by atoms with Gasteiger partial charge in [0.05, 0.1) is 10.6 Å². The van der Waals surface area contributed by atoms with Crippen molar-refractivity contribution in [3.05, 3.63) is 64.4 Å². The number of benzene rings is 2. The third-order valence-electron chi connectivity index (χ3n) is 3.17. The van der Waals surface area contributed by atoms with Crippen molar-refractivity contribution in [1.82, 2.24) is 5.32 Å². The molecule has 0 aliphatic rings. The van der Waals surface area contributed by atoms with E-state index in [1.54, 1.807) is 18.2 Å². The van der Waals surface area contributed by atoms with Gasteiger partial charge in [-0.3, -0.25) is 0 Å². The number of hydrogen-bond acceptors (Lipinski definition) is 1. The first-order valence-corrected chi connectivity index (χ1v) is 7.30. The van der Waals surface area contributed by atoms with Crippen molar-refractivity contribution in [1.29, 1.82) is 0 Å². The molecule has 0 aromatic heterocycles. The van der Waals surface area contributed by atoms with Crippen LogP contribution in [0.3, 0.4) is 0 Å². The molecular formula is C16H13ClF4N2O. The highest BCUT2D eigenvalue weighted by Gasteiger charge is 2.33. The lowest BCUT2D eigenvalue weighted by atomic mass is 10.1. The van der Waals surface area contributed by atoms with Crippen LogP contribution in [0.25, 0.3) is 0 Å². The molecule has 2 rings (SSSR count). The van der Waals surface area contributed by atoms with E-state index >= 15 is 0 Å². The van der Waals surface area contributed by atoms with Gasteiger partial charge in [0.15, 0.2) is 0 Å². The molecule has 128 valence electrons. The Balaban J connectivity index is 1.92. The maximum Gasteiger partial charge on any atom is 0.417 e. The van der Waals surface area contributed by atoms with Crippen LogP contribution in [0, 0.1) is 5.82 Å². The lowest BCUT2D eigenvalue weighted by molar-refractivity contribution is -0.137. The maximum atomic E-state index is 13.4. The number of halogens is 5. The average Bonchev–Trinajstić information content (AvgIpc) is 2.50. The van der Waals surface area contributed by atoms with Gasteiger partial charge in [0.2, 0.25) is 0 Å². The van der Waals surface area contributed by atoms with E-state index in [1.807, 2.05) is 0 Å². The minimum Gasteiger partial charge on any atom is -0.338 e. The molecule has 0 fully saturated rings. The number of carbonyl (C=O) groups excluding carboxylic acids is 1. The summed E-state index contributed by atoms with van der Waals surface area (Å²) in [6.07, 6.45) is -4.36. The van der Waals surface area contributed by atoms with Gasteiger partial charge in [-0.05, 0) is 36.2 Å². The summed E-state index contributed by atoms with van der Waals surface area (Å²) in [5, 5.41) is 4.28. The van der Waals surface area contributed by atoms with Gasteiger partial charge in [-0.1, -0.05) is 29.8 Å². The van der Waals surface area contributed by atoms with Gasteiger partial charge in [-0.25, -0.2) is 9.18 Å². The predicted octanol–water partition coefficient (Wildman–Crippen LogP) is 4.86. The molecule has 8 heteroatoms. The van der Waals surface area contributed by atoms with Gasteiger partial charge >= 0.3 is 12.2 Å². The molecule has 0 spiro atoms. The monoisotopic (exact) mass is 360 g/mol. The second-order valence-corrected chi connectivity index (χ2v) is 5.32. The molecule has 2 aromatic rings. The molecule has 0 aliphatic carbocycles. The zero-order valence-corrected chi connectivity index (χ0v) is 13.0. The summed E-state index contributed by atoms with van der Waals surface area (Å²) in [5.74, 6) is -0.382. The van der Waals surface area contributed by atoms with Gasteiger partial charge in [-0.2, -0.15) is 13.2 Å². The van der Waals surface area contributed by atoms with Crippen LogP contribution in [0.5, 0.6) is 0 Å². The van der Waals surface area contributed by atoms with E-state index < -0.39 is 22.8 Å². The molecule has 0 heterocycles. The lowest BCUT2D eigenvalue weighted by Gasteiger charge is -2.12. The highest BCUT2D eigenvalue weighted by Crippen LogP contribution is 2.36. The Bertz CT molecular complexity index is 734. The van der Waals surface area contributed by atoms with Gasteiger partial charge in [0.25, 0.3) is 0 Å². The third-order valence-corrected chi connectivity index (χ3v) is 3.50. The van der Waals surface area contributed by atoms with Gasteiger partial charge < -0.3 is 10.6 Å². The number of rotatable bonds is 4. The Morgan fingerprint density at radius 1 is 1.12 bits per heavy atom. The normalized spacial score (nSPS) is 11.2. The Morgan fingerprint density at radius 3 is 2.50 bits per heavy atom. The van der Waals surface area contributed by atoms with Crippen LogP contribution in [-0.2, 0) is 12.6 Å². The topological polar surface area (TPSA) is 41.1 Å². The summed E-state index contributed by atoms with van der Waals surface area (Å²) < 4.78 is 51.6. The molecule has 0 unspecified atom stereocenters. The minimum atomic E-state index is -4.61. The standard InChI is InChI=1S/C16H13ClF4N2O/c17-13-6-5-11(9-12(13)16(19,20)21)23-15(24)22-8-7-10-3-1-2-4-14(10)18/h1-6,9H,7-8H2,(H2,22,23,24). The maximum absolute atomic E-state index is 13.4. The fraction of sp³-hybridized carbons (Fsp3) is 0.188. The molecule has 2 amide bonds. The zero-order chi connectivity index (χ0) is 17.7. The van der Waals surface area contributed by atoms with Crippen molar-refractivity contribution < 1.29 is 22.4 Å². The Hall–Kier alpha value is -2.28. The predicted molar refractivity (Wildman–Crippen MR) is 83.6 cm³/mol. The van der Waals surface area contributed by atoms with Crippen molar-refractivity contribution in [3.8, 4) is 0 Å². The number of anilines is 1. The Morgan fingerprint density at radius 2 is 1.83 bits per heavy atom. The molecule has 3 nitrogen and oxygen atoms in total. The number of nitrogens with one attached hydrogen (secondary N) is 2. The molecule has 0 saturated carbocycles. The van der Waals surface area contributed by atoms with Crippen LogP contribution in [0.1, 0.15) is 11.1 Å². The van der Waals surface area contributed by atoms with E-state index in [2.05, 4.69) is 10.6 Å². The number of hydrogen-bond donors (Lipinski definition) is 2. The van der Waals surface area contributed by atoms with Crippen LogP contribution in [-0.4, -0.2) is 12.6 Å². The first kappa shape index (κ1) is 18.1. The molecule has 2 aromatic carbocycles. The molecule has 0 atom stereocenters. The van der Waals surface area contributed by atoms with Crippen LogP contribution >= 0.6 is 11.6 Å². The summed E-state index contributed by atoms with van der Waals surface area (Å²) in [6.45, 7) is 0.131. The molecule has 0 bridgehead atoms. The lowest BCUT2D eigenvalue weighted by Crippen LogP contribution is -2.30. The van der Waals surface area contributed by atoms with E-state index in [0.29, 0.717) is 5.56 Å². The molecule has 24 heavy (non-hydrogen) atoms. The van der Waals surface area contributed by atoms with E-state index in [1.165, 1.54) is 12.1 Å². The summed E-state index contributed by atoms with van der Waals surface area (Å²) in [4.78, 5) is 11.7. The van der Waals surface area contributed by atoms with E-state index in [-0.39, 0.29) is 24.5 Å². The largest absolute Gasteiger partial charge is 0.417 e. The second kappa shape index (κ2) is 7.53. The average molecular weight is 361 g/mol. The summed E-state index contributed by atoms with van der Waals surface area (Å²) >= 11 is 5.50. The summed E-state index contributed by atoms with van der Waals surface area (Å²) in [5.41, 5.74) is -0.646. The minimum absolute atomic E-state index is 0.0462. The zero-order valence-electron chi connectivity index (χ0n) is 12.3. The molecule has 2 N–H and O–H groups in total. The van der Waals surface area contributed by atoms with Crippen molar-refractivity contribution in [2.45, 2.75) is 12.6 Å². The smallest absolute Gasteiger partial charge is 0.338 e.